The molecule has 2 aromatic rings. The zero-order valence-electron chi connectivity index (χ0n) is 13.0. The van der Waals surface area contributed by atoms with E-state index in [1.165, 1.54) is 6.26 Å². The van der Waals surface area contributed by atoms with Crippen molar-refractivity contribution in [3.63, 3.8) is 0 Å². The van der Waals surface area contributed by atoms with E-state index in [1.54, 1.807) is 0 Å². The standard InChI is InChI=1S/C16H20N2O4S/c1-2-3-9-17-15(19)12-23(20,21)11-14-10-22-16(18-14)13-7-5-4-6-8-13/h4-8,10H,2-3,9,11-12H2,1H3,(H,17,19). The fourth-order valence-electron chi connectivity index (χ4n) is 2.02. The SMILES string of the molecule is CCCCNC(=O)CS(=O)(=O)Cc1coc(-c2ccccc2)n1. The zero-order valence-corrected chi connectivity index (χ0v) is 13.8. The number of oxazole rings is 1. The molecule has 0 bridgehead atoms. The molecule has 0 saturated heterocycles. The number of carbonyl (C=O) groups is 1. The maximum absolute atomic E-state index is 12.0. The normalized spacial score (nSPS) is 11.3. The van der Waals surface area contributed by atoms with Crippen LogP contribution in [0.15, 0.2) is 41.0 Å². The Morgan fingerprint density at radius 2 is 2.00 bits per heavy atom. The van der Waals surface area contributed by atoms with Gasteiger partial charge in [-0.2, -0.15) is 0 Å². The molecule has 23 heavy (non-hydrogen) atoms. The van der Waals surface area contributed by atoms with E-state index in [9.17, 15) is 13.2 Å². The van der Waals surface area contributed by atoms with Crippen LogP contribution in [0.1, 0.15) is 25.5 Å². The molecule has 0 spiro atoms. The first-order valence-corrected chi connectivity index (χ1v) is 9.29. The first-order valence-electron chi connectivity index (χ1n) is 7.47. The summed E-state index contributed by atoms with van der Waals surface area (Å²) in [5, 5.41) is 2.59. The van der Waals surface area contributed by atoms with Crippen molar-refractivity contribution in [2.75, 3.05) is 12.3 Å². The van der Waals surface area contributed by atoms with E-state index in [2.05, 4.69) is 10.3 Å². The Balaban J connectivity index is 1.96. The molecular formula is C16H20N2O4S. The Kier molecular flexibility index (Phi) is 5.92. The molecule has 124 valence electrons. The quantitative estimate of drug-likeness (QED) is 0.746. The molecule has 0 unspecified atom stereocenters. The summed E-state index contributed by atoms with van der Waals surface area (Å²) in [5.74, 6) is -0.970. The largest absolute Gasteiger partial charge is 0.444 e. The van der Waals surface area contributed by atoms with Crippen molar-refractivity contribution in [3.8, 4) is 11.5 Å². The van der Waals surface area contributed by atoms with Crippen LogP contribution in [-0.2, 0) is 20.4 Å². The average molecular weight is 336 g/mol. The summed E-state index contributed by atoms with van der Waals surface area (Å²) in [5.41, 5.74) is 1.07. The summed E-state index contributed by atoms with van der Waals surface area (Å²) in [6.45, 7) is 2.49. The molecule has 0 fully saturated rings. The van der Waals surface area contributed by atoms with E-state index in [0.717, 1.165) is 18.4 Å². The highest BCUT2D eigenvalue weighted by Gasteiger charge is 2.19. The summed E-state index contributed by atoms with van der Waals surface area (Å²) < 4.78 is 29.4. The maximum Gasteiger partial charge on any atom is 0.235 e. The number of amides is 1. The molecule has 1 heterocycles. The molecule has 7 heteroatoms. The lowest BCUT2D eigenvalue weighted by Crippen LogP contribution is -2.31. The van der Waals surface area contributed by atoms with Crippen LogP contribution < -0.4 is 5.32 Å². The van der Waals surface area contributed by atoms with Gasteiger partial charge in [-0.25, -0.2) is 13.4 Å². The summed E-state index contributed by atoms with van der Waals surface area (Å²) >= 11 is 0. The lowest BCUT2D eigenvalue weighted by atomic mass is 10.2. The predicted molar refractivity (Wildman–Crippen MR) is 87.3 cm³/mol. The van der Waals surface area contributed by atoms with Crippen molar-refractivity contribution < 1.29 is 17.6 Å². The third-order valence-corrected chi connectivity index (χ3v) is 4.58. The average Bonchev–Trinajstić information content (AvgIpc) is 2.95. The van der Waals surface area contributed by atoms with E-state index in [4.69, 9.17) is 4.42 Å². The Labute approximate surface area is 135 Å². The van der Waals surface area contributed by atoms with Crippen LogP contribution in [0.3, 0.4) is 0 Å². The minimum Gasteiger partial charge on any atom is -0.444 e. The predicted octanol–water partition coefficient (Wildman–Crippen LogP) is 2.17. The molecule has 6 nitrogen and oxygen atoms in total. The number of unbranched alkanes of at least 4 members (excludes halogenated alkanes) is 1. The highest BCUT2D eigenvalue weighted by Crippen LogP contribution is 2.19. The number of hydrogen-bond acceptors (Lipinski definition) is 5. The molecule has 0 aliphatic heterocycles. The number of carbonyl (C=O) groups excluding carboxylic acids is 1. The lowest BCUT2D eigenvalue weighted by molar-refractivity contribution is -0.118. The van der Waals surface area contributed by atoms with E-state index in [0.29, 0.717) is 18.1 Å². The molecule has 1 N–H and O–H groups in total. The van der Waals surface area contributed by atoms with Gasteiger partial charge in [-0.15, -0.1) is 0 Å². The van der Waals surface area contributed by atoms with Gasteiger partial charge in [-0.3, -0.25) is 4.79 Å². The molecule has 0 aliphatic carbocycles. The number of nitrogens with zero attached hydrogens (tertiary/aromatic N) is 1. The van der Waals surface area contributed by atoms with Gasteiger partial charge in [0.15, 0.2) is 9.84 Å². The van der Waals surface area contributed by atoms with Gasteiger partial charge in [0.25, 0.3) is 0 Å². The van der Waals surface area contributed by atoms with Crippen molar-refractivity contribution in [2.45, 2.75) is 25.5 Å². The molecular weight excluding hydrogens is 316 g/mol. The maximum atomic E-state index is 12.0. The van der Waals surface area contributed by atoms with Gasteiger partial charge in [0.05, 0.1) is 11.4 Å². The van der Waals surface area contributed by atoms with Gasteiger partial charge in [-0.05, 0) is 18.6 Å². The van der Waals surface area contributed by atoms with Crippen LogP contribution in [-0.4, -0.2) is 31.6 Å². The van der Waals surface area contributed by atoms with E-state index < -0.39 is 21.5 Å². The molecule has 1 amide bonds. The van der Waals surface area contributed by atoms with E-state index in [-0.39, 0.29) is 5.75 Å². The second-order valence-electron chi connectivity index (χ2n) is 5.25. The highest BCUT2D eigenvalue weighted by atomic mass is 32.2. The second-order valence-corrected chi connectivity index (χ2v) is 7.31. The third kappa shape index (κ3) is 5.52. The first kappa shape index (κ1) is 17.2. The molecule has 1 aromatic heterocycles. The van der Waals surface area contributed by atoms with Crippen molar-refractivity contribution in [1.29, 1.82) is 0 Å². The summed E-state index contributed by atoms with van der Waals surface area (Å²) in [7, 11) is -3.57. The smallest absolute Gasteiger partial charge is 0.235 e. The Hall–Kier alpha value is -2.15. The summed E-state index contributed by atoms with van der Waals surface area (Å²) in [6.07, 6.45) is 3.08. The van der Waals surface area contributed by atoms with Crippen LogP contribution in [0.2, 0.25) is 0 Å². The van der Waals surface area contributed by atoms with Gasteiger partial charge in [0, 0.05) is 12.1 Å². The fourth-order valence-corrected chi connectivity index (χ4v) is 3.21. The van der Waals surface area contributed by atoms with Crippen LogP contribution in [0.4, 0.5) is 0 Å². The number of rotatable bonds is 8. The third-order valence-electron chi connectivity index (χ3n) is 3.14. The Morgan fingerprint density at radius 1 is 1.26 bits per heavy atom. The van der Waals surface area contributed by atoms with Gasteiger partial charge < -0.3 is 9.73 Å². The van der Waals surface area contributed by atoms with Gasteiger partial charge >= 0.3 is 0 Å². The number of nitrogens with one attached hydrogen (secondary N) is 1. The minimum absolute atomic E-state index is 0.296. The number of sulfone groups is 1. The molecule has 0 atom stereocenters. The van der Waals surface area contributed by atoms with Crippen molar-refractivity contribution >= 4 is 15.7 Å². The highest BCUT2D eigenvalue weighted by molar-refractivity contribution is 7.91. The molecule has 0 saturated carbocycles. The minimum atomic E-state index is -3.57. The topological polar surface area (TPSA) is 89.3 Å². The van der Waals surface area contributed by atoms with Gasteiger partial charge in [-0.1, -0.05) is 31.5 Å². The van der Waals surface area contributed by atoms with Crippen LogP contribution in [0.5, 0.6) is 0 Å². The molecule has 2 rings (SSSR count). The van der Waals surface area contributed by atoms with Crippen LogP contribution in [0.25, 0.3) is 11.5 Å². The van der Waals surface area contributed by atoms with Crippen LogP contribution in [0, 0.1) is 0 Å². The zero-order chi connectivity index (χ0) is 16.7. The molecule has 1 aromatic carbocycles. The number of aromatic nitrogens is 1. The molecule has 0 aliphatic rings. The Morgan fingerprint density at radius 3 is 2.70 bits per heavy atom. The van der Waals surface area contributed by atoms with Crippen molar-refractivity contribution in [3.05, 3.63) is 42.3 Å². The van der Waals surface area contributed by atoms with Crippen molar-refractivity contribution in [1.82, 2.24) is 10.3 Å². The van der Waals surface area contributed by atoms with Gasteiger partial charge in [0.1, 0.15) is 12.0 Å². The summed E-state index contributed by atoms with van der Waals surface area (Å²) in [4.78, 5) is 15.8. The molecule has 0 radical (unpaired) electrons. The first-order chi connectivity index (χ1) is 11.0. The lowest BCUT2D eigenvalue weighted by Gasteiger charge is -2.04. The van der Waals surface area contributed by atoms with E-state index in [1.807, 2.05) is 37.3 Å². The monoisotopic (exact) mass is 336 g/mol. The number of hydrogen-bond donors (Lipinski definition) is 1. The fraction of sp³-hybridized carbons (Fsp3) is 0.375. The van der Waals surface area contributed by atoms with Crippen LogP contribution >= 0.6 is 0 Å². The summed E-state index contributed by atoms with van der Waals surface area (Å²) in [6, 6.07) is 9.21. The van der Waals surface area contributed by atoms with Gasteiger partial charge in [0.2, 0.25) is 11.8 Å². The Bertz CT molecular complexity index is 738. The second kappa shape index (κ2) is 7.92. The number of benzene rings is 1. The van der Waals surface area contributed by atoms with Crippen molar-refractivity contribution in [2.24, 2.45) is 0 Å². The van der Waals surface area contributed by atoms with E-state index >= 15 is 0 Å².